The van der Waals surface area contributed by atoms with Crippen LogP contribution >= 0.6 is 0 Å². The average Bonchev–Trinajstić information content (AvgIpc) is 3.30. The highest BCUT2D eigenvalue weighted by Gasteiger charge is 2.29. The van der Waals surface area contributed by atoms with Crippen molar-refractivity contribution >= 4 is 77.9 Å². The van der Waals surface area contributed by atoms with E-state index in [2.05, 4.69) is 129 Å². The molecule has 4 aliphatic heterocycles. The first-order valence-corrected chi connectivity index (χ1v) is 20.8. The molecule has 4 aromatic carbocycles. The summed E-state index contributed by atoms with van der Waals surface area (Å²) in [7, 11) is 0. The van der Waals surface area contributed by atoms with Crippen LogP contribution in [0, 0.1) is 0 Å². The Labute approximate surface area is 336 Å². The first kappa shape index (κ1) is 33.5. The zero-order valence-electron chi connectivity index (χ0n) is 32.3. The van der Waals surface area contributed by atoms with Gasteiger partial charge in [-0.25, -0.2) is 19.9 Å². The van der Waals surface area contributed by atoms with Crippen molar-refractivity contribution in [1.29, 1.82) is 0 Å². The molecule has 10 heteroatoms. The predicted molar refractivity (Wildman–Crippen MR) is 237 cm³/mol. The number of rotatable bonds is 4. The van der Waals surface area contributed by atoms with E-state index >= 15 is 0 Å². The van der Waals surface area contributed by atoms with Crippen molar-refractivity contribution in [2.45, 2.75) is 25.7 Å². The van der Waals surface area contributed by atoms with Gasteiger partial charge < -0.3 is 9.80 Å². The van der Waals surface area contributed by atoms with Gasteiger partial charge in [0.15, 0.2) is 0 Å². The van der Waals surface area contributed by atoms with Gasteiger partial charge in [0.25, 0.3) is 0 Å². The van der Waals surface area contributed by atoms with Crippen LogP contribution in [0.3, 0.4) is 0 Å². The molecule has 58 heavy (non-hydrogen) atoms. The van der Waals surface area contributed by atoms with Gasteiger partial charge in [-0.05, 0) is 72.9 Å². The largest absolute Gasteiger partial charge is 0.342 e. The van der Waals surface area contributed by atoms with Crippen LogP contribution in [0.15, 0.2) is 119 Å². The van der Waals surface area contributed by atoms with Crippen LogP contribution in [0.2, 0.25) is 0 Å². The van der Waals surface area contributed by atoms with E-state index in [1.165, 1.54) is 0 Å². The minimum Gasteiger partial charge on any atom is -0.342 e. The van der Waals surface area contributed by atoms with E-state index in [-0.39, 0.29) is 0 Å². The Hall–Kier alpha value is -6.68. The van der Waals surface area contributed by atoms with E-state index in [0.29, 0.717) is 0 Å². The highest BCUT2D eigenvalue weighted by atomic mass is 15.4. The molecule has 4 aromatic heterocycles. The topological polar surface area (TPSA) is 89.2 Å². The lowest BCUT2D eigenvalue weighted by atomic mass is 9.95. The molecule has 0 atom stereocenters. The van der Waals surface area contributed by atoms with Crippen molar-refractivity contribution in [3.05, 3.63) is 109 Å². The van der Waals surface area contributed by atoms with Gasteiger partial charge in [0.05, 0.1) is 33.5 Å². The number of fused-ring (bicyclic) bond motifs is 9. The zero-order valence-corrected chi connectivity index (χ0v) is 32.3. The second kappa shape index (κ2) is 13.5. The summed E-state index contributed by atoms with van der Waals surface area (Å²) in [5.74, 6) is 3.99. The van der Waals surface area contributed by atoms with Crippen molar-refractivity contribution in [2.75, 3.05) is 62.2 Å². The molecule has 2 fully saturated rings. The van der Waals surface area contributed by atoms with Gasteiger partial charge in [-0.15, -0.1) is 0 Å². The Kier molecular flexibility index (Phi) is 7.77. The van der Waals surface area contributed by atoms with E-state index in [1.54, 1.807) is 0 Å². The summed E-state index contributed by atoms with van der Waals surface area (Å²) in [6.45, 7) is 7.82. The van der Waals surface area contributed by atoms with Crippen LogP contribution in [0.4, 0.5) is 11.6 Å². The van der Waals surface area contributed by atoms with Crippen LogP contribution in [-0.4, -0.2) is 94.0 Å². The summed E-state index contributed by atoms with van der Waals surface area (Å²) < 4.78 is 0. The third-order valence-corrected chi connectivity index (χ3v) is 12.4. The summed E-state index contributed by atoms with van der Waals surface area (Å²) in [6.07, 6.45) is 4.41. The molecule has 4 aliphatic rings. The first-order chi connectivity index (χ1) is 28.7. The van der Waals surface area contributed by atoms with Gasteiger partial charge in [0.1, 0.15) is 11.6 Å². The van der Waals surface area contributed by atoms with Gasteiger partial charge in [0, 0.05) is 85.0 Å². The zero-order chi connectivity index (χ0) is 38.2. The van der Waals surface area contributed by atoms with E-state index in [4.69, 9.17) is 29.9 Å². The van der Waals surface area contributed by atoms with E-state index in [1.807, 2.05) is 0 Å². The number of aliphatic imine (C=N–C) groups is 2. The Morgan fingerprint density at radius 1 is 0.362 bits per heavy atom. The monoisotopic (exact) mass is 758 g/mol. The molecule has 10 nitrogen and oxygen atoms in total. The molecule has 0 saturated carbocycles. The summed E-state index contributed by atoms with van der Waals surface area (Å²) in [6, 6.07) is 38.9. The third kappa shape index (κ3) is 5.45. The number of aromatic nitrogens is 4. The lowest BCUT2D eigenvalue weighted by molar-refractivity contribution is 0.359. The quantitative estimate of drug-likeness (QED) is 0.165. The second-order valence-corrected chi connectivity index (χ2v) is 15.9. The molecule has 0 amide bonds. The van der Waals surface area contributed by atoms with Gasteiger partial charge in [-0.2, -0.15) is 0 Å². The number of anilines is 2. The van der Waals surface area contributed by atoms with Gasteiger partial charge in [0.2, 0.25) is 11.9 Å². The number of hydrogen-bond acceptors (Lipinski definition) is 10. The number of nitrogens with zero attached hydrogens (tertiary/aromatic N) is 10. The molecule has 284 valence electrons. The lowest BCUT2D eigenvalue weighted by Crippen LogP contribution is -2.52. The number of guanidine groups is 2. The Morgan fingerprint density at radius 3 is 1.22 bits per heavy atom. The van der Waals surface area contributed by atoms with Crippen LogP contribution in [-0.2, 0) is 0 Å². The molecule has 0 radical (unpaired) electrons. The summed E-state index contributed by atoms with van der Waals surface area (Å²) in [5, 5.41) is 6.58. The average molecular weight is 759 g/mol. The van der Waals surface area contributed by atoms with Crippen molar-refractivity contribution in [2.24, 2.45) is 9.98 Å². The fourth-order valence-electron chi connectivity index (χ4n) is 9.55. The van der Waals surface area contributed by atoms with Crippen molar-refractivity contribution in [3.8, 4) is 22.5 Å². The maximum atomic E-state index is 5.38. The van der Waals surface area contributed by atoms with E-state index in [0.717, 1.165) is 178 Å². The Bertz CT molecular complexity index is 2820. The molecule has 0 N–H and O–H groups in total. The van der Waals surface area contributed by atoms with Crippen molar-refractivity contribution in [1.82, 2.24) is 29.7 Å². The van der Waals surface area contributed by atoms with Crippen molar-refractivity contribution < 1.29 is 0 Å². The maximum absolute atomic E-state index is 5.38. The summed E-state index contributed by atoms with van der Waals surface area (Å²) >= 11 is 0. The van der Waals surface area contributed by atoms with Crippen LogP contribution in [0.5, 0.6) is 0 Å². The molecule has 8 aromatic rings. The smallest absolute Gasteiger partial charge is 0.202 e. The van der Waals surface area contributed by atoms with Crippen LogP contribution < -0.4 is 9.80 Å². The lowest BCUT2D eigenvalue weighted by Gasteiger charge is -2.40. The molecule has 0 spiro atoms. The van der Waals surface area contributed by atoms with Gasteiger partial charge in [-0.3, -0.25) is 19.8 Å². The molecular weight excluding hydrogens is 717 g/mol. The minimum absolute atomic E-state index is 0.872. The van der Waals surface area contributed by atoms with Gasteiger partial charge >= 0.3 is 0 Å². The maximum Gasteiger partial charge on any atom is 0.202 e. The molecule has 2 saturated heterocycles. The van der Waals surface area contributed by atoms with E-state index in [9.17, 15) is 0 Å². The normalized spacial score (nSPS) is 17.2. The fraction of sp³-hybridized carbons (Fsp3) is 0.250. The second-order valence-electron chi connectivity index (χ2n) is 15.9. The van der Waals surface area contributed by atoms with Crippen LogP contribution in [0.25, 0.3) is 76.9 Å². The highest BCUT2D eigenvalue weighted by Crippen LogP contribution is 2.37. The SMILES string of the molecule is c1ccc2c(-c3ccc4ccc5ccc(N6CCCN7CCCN=C76)nc5c4n3)ccc(-c3ccc4ccc5ccc(N6CCCN7CCCN=C76)nc5c4n3)c2c1. The van der Waals surface area contributed by atoms with Crippen LogP contribution in [0.1, 0.15) is 25.7 Å². The molecule has 0 aliphatic carbocycles. The highest BCUT2D eigenvalue weighted by molar-refractivity contribution is 6.09. The molecule has 12 rings (SSSR count). The molecule has 8 heterocycles. The first-order valence-electron chi connectivity index (χ1n) is 20.8. The Balaban J connectivity index is 0.951. The molecular formula is C48H42N10. The molecule has 0 bridgehead atoms. The minimum atomic E-state index is 0.872. The predicted octanol–water partition coefficient (Wildman–Crippen LogP) is 8.91. The summed E-state index contributed by atoms with van der Waals surface area (Å²) in [5.41, 5.74) is 7.65. The standard InChI is InChI=1S/C48H42N10/c1-2-8-36-35(7-1)37(39-19-13-31-9-11-33-15-21-41(53-45(33)43(31)51-39)57-29-5-27-55-25-3-23-49-47(55)57)17-18-38(36)40-20-14-32-10-12-34-16-22-42(54-46(34)44(32)52-40)58-30-6-28-56-26-4-24-50-48(56)58/h1-2,7-22H,3-6,23-30H2. The number of benzene rings is 4. The van der Waals surface area contributed by atoms with Crippen molar-refractivity contribution in [3.63, 3.8) is 0 Å². The Morgan fingerprint density at radius 2 is 0.759 bits per heavy atom. The summed E-state index contributed by atoms with van der Waals surface area (Å²) in [4.78, 5) is 40.6. The number of hydrogen-bond donors (Lipinski definition) is 0. The molecule has 0 unspecified atom stereocenters. The van der Waals surface area contributed by atoms with Gasteiger partial charge in [-0.1, -0.05) is 72.8 Å². The fourth-order valence-corrected chi connectivity index (χ4v) is 9.55. The third-order valence-electron chi connectivity index (χ3n) is 12.4. The van der Waals surface area contributed by atoms with E-state index < -0.39 is 0 Å². The number of pyridine rings is 4.